The number of nitrogens with zero attached hydrogens (tertiary/aromatic N) is 1. The number of benzene rings is 1. The number of carbonyl (C=O) groups is 1. The van der Waals surface area contributed by atoms with Gasteiger partial charge in [0.2, 0.25) is 0 Å². The van der Waals surface area contributed by atoms with Crippen molar-refractivity contribution in [1.29, 1.82) is 0 Å². The molecule has 98 valence electrons. The minimum atomic E-state index is -0.0925. The van der Waals surface area contributed by atoms with Gasteiger partial charge in [0.05, 0.1) is 19.8 Å². The molecule has 1 fully saturated rings. The Bertz CT molecular complexity index is 448. The van der Waals surface area contributed by atoms with Gasteiger partial charge in [-0.3, -0.25) is 4.79 Å². The molecule has 1 aliphatic rings. The van der Waals surface area contributed by atoms with Gasteiger partial charge in [-0.2, -0.15) is 0 Å². The number of aryl methyl sites for hydroxylation is 1. The van der Waals surface area contributed by atoms with Gasteiger partial charge in [0.25, 0.3) is 5.91 Å². The van der Waals surface area contributed by atoms with Crippen molar-refractivity contribution in [1.82, 2.24) is 0 Å². The van der Waals surface area contributed by atoms with Crippen molar-refractivity contribution in [2.45, 2.75) is 13.0 Å². The molecule has 5 heteroatoms. The fraction of sp³-hybridized carbons (Fsp3) is 0.462. The molecule has 0 aliphatic carbocycles. The van der Waals surface area contributed by atoms with E-state index in [1.54, 1.807) is 12.0 Å². The van der Waals surface area contributed by atoms with Crippen LogP contribution in [0.2, 0.25) is 0 Å². The van der Waals surface area contributed by atoms with Crippen LogP contribution < -0.4 is 15.4 Å². The zero-order chi connectivity index (χ0) is 13.1. The van der Waals surface area contributed by atoms with Gasteiger partial charge in [0.15, 0.2) is 0 Å². The molecule has 0 saturated carbocycles. The fourth-order valence-electron chi connectivity index (χ4n) is 2.05. The summed E-state index contributed by atoms with van der Waals surface area (Å²) < 4.78 is 10.5. The standard InChI is InChI=1S/C13H18N2O3/c1-9-5-10(3-4-12(9)17-2)15-7-11(6-14)18-8-13(15)16/h3-5,11H,6-8,14H2,1-2H3. The van der Waals surface area contributed by atoms with Crippen LogP contribution in [0.4, 0.5) is 5.69 Å². The zero-order valence-electron chi connectivity index (χ0n) is 10.7. The predicted octanol–water partition coefficient (Wildman–Crippen LogP) is 0.694. The number of anilines is 1. The molecule has 1 aliphatic heterocycles. The molecule has 2 rings (SSSR count). The largest absolute Gasteiger partial charge is 0.496 e. The van der Waals surface area contributed by atoms with E-state index in [0.717, 1.165) is 17.0 Å². The predicted molar refractivity (Wildman–Crippen MR) is 68.9 cm³/mol. The van der Waals surface area contributed by atoms with E-state index >= 15 is 0 Å². The van der Waals surface area contributed by atoms with Crippen molar-refractivity contribution in [3.8, 4) is 5.75 Å². The third-order valence-corrected chi connectivity index (χ3v) is 3.08. The summed E-state index contributed by atoms with van der Waals surface area (Å²) in [6.45, 7) is 2.96. The van der Waals surface area contributed by atoms with E-state index in [-0.39, 0.29) is 18.6 Å². The Balaban J connectivity index is 2.23. The number of amides is 1. The lowest BCUT2D eigenvalue weighted by atomic mass is 10.1. The number of nitrogens with two attached hydrogens (primary N) is 1. The number of methoxy groups -OCH3 is 1. The summed E-state index contributed by atoms with van der Waals surface area (Å²) in [5, 5.41) is 0. The van der Waals surface area contributed by atoms with Crippen molar-refractivity contribution in [3.63, 3.8) is 0 Å². The summed E-state index contributed by atoms with van der Waals surface area (Å²) in [7, 11) is 1.63. The second-order valence-corrected chi connectivity index (χ2v) is 4.33. The van der Waals surface area contributed by atoms with Gasteiger partial charge in [-0.25, -0.2) is 0 Å². The van der Waals surface area contributed by atoms with Crippen LogP contribution in [-0.4, -0.2) is 38.8 Å². The Labute approximate surface area is 106 Å². The lowest BCUT2D eigenvalue weighted by Crippen LogP contribution is -2.49. The number of rotatable bonds is 3. The van der Waals surface area contributed by atoms with E-state index in [2.05, 4.69) is 0 Å². The molecule has 5 nitrogen and oxygen atoms in total. The van der Waals surface area contributed by atoms with Crippen LogP contribution in [0.5, 0.6) is 5.75 Å². The Morgan fingerprint density at radius 1 is 1.56 bits per heavy atom. The van der Waals surface area contributed by atoms with Crippen LogP contribution >= 0.6 is 0 Å². The first kappa shape index (κ1) is 12.9. The first-order valence-corrected chi connectivity index (χ1v) is 5.92. The molecule has 1 unspecified atom stereocenters. The summed E-state index contributed by atoms with van der Waals surface area (Å²) in [5.41, 5.74) is 7.44. The average molecular weight is 250 g/mol. The minimum absolute atomic E-state index is 0.0377. The molecule has 0 aromatic heterocycles. The normalized spacial score (nSPS) is 20.1. The van der Waals surface area contributed by atoms with E-state index in [1.165, 1.54) is 0 Å². The van der Waals surface area contributed by atoms with Gasteiger partial charge in [-0.1, -0.05) is 0 Å². The van der Waals surface area contributed by atoms with Crippen LogP contribution in [-0.2, 0) is 9.53 Å². The SMILES string of the molecule is COc1ccc(N2CC(CN)OCC2=O)cc1C. The highest BCUT2D eigenvalue weighted by Crippen LogP contribution is 2.25. The molecule has 1 saturated heterocycles. The first-order chi connectivity index (χ1) is 8.65. The number of morpholine rings is 1. The van der Waals surface area contributed by atoms with Crippen molar-refractivity contribution >= 4 is 11.6 Å². The van der Waals surface area contributed by atoms with E-state index in [4.69, 9.17) is 15.2 Å². The number of hydrogen-bond donors (Lipinski definition) is 1. The Hall–Kier alpha value is -1.59. The summed E-state index contributed by atoms with van der Waals surface area (Å²) in [4.78, 5) is 13.6. The number of carbonyl (C=O) groups excluding carboxylic acids is 1. The number of ether oxygens (including phenoxy) is 2. The maximum absolute atomic E-state index is 11.9. The Kier molecular flexibility index (Phi) is 3.84. The van der Waals surface area contributed by atoms with Crippen molar-refractivity contribution in [3.05, 3.63) is 23.8 Å². The minimum Gasteiger partial charge on any atom is -0.496 e. The molecule has 18 heavy (non-hydrogen) atoms. The van der Waals surface area contributed by atoms with Crippen LogP contribution in [0.15, 0.2) is 18.2 Å². The topological polar surface area (TPSA) is 64.8 Å². The molecular formula is C13H18N2O3. The van der Waals surface area contributed by atoms with Gasteiger partial charge in [-0.05, 0) is 30.7 Å². The summed E-state index contributed by atoms with van der Waals surface area (Å²) in [6, 6.07) is 5.68. The highest BCUT2D eigenvalue weighted by Gasteiger charge is 2.26. The van der Waals surface area contributed by atoms with Gasteiger partial charge >= 0.3 is 0 Å². The van der Waals surface area contributed by atoms with Gasteiger partial charge in [-0.15, -0.1) is 0 Å². The monoisotopic (exact) mass is 250 g/mol. The smallest absolute Gasteiger partial charge is 0.253 e. The van der Waals surface area contributed by atoms with E-state index in [1.807, 2.05) is 25.1 Å². The fourth-order valence-corrected chi connectivity index (χ4v) is 2.05. The second kappa shape index (κ2) is 5.37. The molecule has 0 bridgehead atoms. The van der Waals surface area contributed by atoms with Gasteiger partial charge in [0, 0.05) is 12.2 Å². The van der Waals surface area contributed by atoms with Crippen LogP contribution in [0, 0.1) is 6.92 Å². The van der Waals surface area contributed by atoms with E-state index in [9.17, 15) is 4.79 Å². The molecule has 1 aromatic rings. The highest BCUT2D eigenvalue weighted by molar-refractivity contribution is 5.95. The van der Waals surface area contributed by atoms with Gasteiger partial charge < -0.3 is 20.1 Å². The molecule has 1 heterocycles. The maximum atomic E-state index is 11.9. The van der Waals surface area contributed by atoms with E-state index < -0.39 is 0 Å². The second-order valence-electron chi connectivity index (χ2n) is 4.33. The first-order valence-electron chi connectivity index (χ1n) is 5.92. The maximum Gasteiger partial charge on any atom is 0.253 e. The van der Waals surface area contributed by atoms with Crippen molar-refractivity contribution < 1.29 is 14.3 Å². The summed E-state index contributed by atoms with van der Waals surface area (Å²) in [6.07, 6.45) is -0.0925. The van der Waals surface area contributed by atoms with Crippen LogP contribution in [0.25, 0.3) is 0 Å². The Morgan fingerprint density at radius 3 is 2.94 bits per heavy atom. The third kappa shape index (κ3) is 2.47. The third-order valence-electron chi connectivity index (χ3n) is 3.08. The number of hydrogen-bond acceptors (Lipinski definition) is 4. The molecule has 0 spiro atoms. The summed E-state index contributed by atoms with van der Waals surface area (Å²) in [5.74, 6) is 0.777. The summed E-state index contributed by atoms with van der Waals surface area (Å²) >= 11 is 0. The quantitative estimate of drug-likeness (QED) is 0.857. The molecule has 0 radical (unpaired) electrons. The molecular weight excluding hydrogens is 232 g/mol. The highest BCUT2D eigenvalue weighted by atomic mass is 16.5. The average Bonchev–Trinajstić information content (AvgIpc) is 2.39. The molecule has 2 N–H and O–H groups in total. The van der Waals surface area contributed by atoms with Crippen molar-refractivity contribution in [2.24, 2.45) is 5.73 Å². The lowest BCUT2D eigenvalue weighted by molar-refractivity contribution is -0.128. The molecule has 1 amide bonds. The zero-order valence-corrected chi connectivity index (χ0v) is 10.7. The van der Waals surface area contributed by atoms with E-state index in [0.29, 0.717) is 13.1 Å². The van der Waals surface area contributed by atoms with Crippen LogP contribution in [0.3, 0.4) is 0 Å². The van der Waals surface area contributed by atoms with Gasteiger partial charge in [0.1, 0.15) is 12.4 Å². The Morgan fingerprint density at radius 2 is 2.33 bits per heavy atom. The lowest BCUT2D eigenvalue weighted by Gasteiger charge is -2.32. The van der Waals surface area contributed by atoms with Crippen LogP contribution in [0.1, 0.15) is 5.56 Å². The van der Waals surface area contributed by atoms with Crippen molar-refractivity contribution in [2.75, 3.05) is 31.7 Å². The molecule has 1 aromatic carbocycles. The molecule has 1 atom stereocenters.